The fraction of sp³-hybridized carbons (Fsp3) is 0.739. The van der Waals surface area contributed by atoms with Crippen molar-refractivity contribution in [3.05, 3.63) is 12.4 Å². The fourth-order valence-corrected chi connectivity index (χ4v) is 3.68. The van der Waals surface area contributed by atoms with E-state index in [0.717, 1.165) is 11.9 Å². The molecule has 3 heterocycles. The van der Waals surface area contributed by atoms with Crippen LogP contribution in [0.1, 0.15) is 61.8 Å². The van der Waals surface area contributed by atoms with Crippen LogP contribution in [0.25, 0.3) is 0 Å². The molecule has 2 saturated heterocycles. The number of likely N-dealkylation sites (tertiary alicyclic amines) is 1. The van der Waals surface area contributed by atoms with E-state index in [1.807, 2.05) is 27.7 Å². The Morgan fingerprint density at radius 2 is 1.79 bits per heavy atom. The van der Waals surface area contributed by atoms with Crippen LogP contribution in [0.15, 0.2) is 12.4 Å². The maximum atomic E-state index is 12.7. The van der Waals surface area contributed by atoms with Gasteiger partial charge in [0.15, 0.2) is 0 Å². The summed E-state index contributed by atoms with van der Waals surface area (Å²) in [6.45, 7) is 16.5. The molecular formula is C23H37BN4O6. The molecule has 2 atom stereocenters. The highest BCUT2D eigenvalue weighted by atomic mass is 16.7. The van der Waals surface area contributed by atoms with Gasteiger partial charge in [-0.3, -0.25) is 4.79 Å². The summed E-state index contributed by atoms with van der Waals surface area (Å²) in [5.74, 6) is 0.0143. The number of carbonyl (C=O) groups is 2. The molecule has 1 aromatic rings. The van der Waals surface area contributed by atoms with Crippen LogP contribution in [-0.4, -0.2) is 76.5 Å². The normalized spacial score (nSPS) is 22.4. The Labute approximate surface area is 202 Å². The van der Waals surface area contributed by atoms with Crippen LogP contribution >= 0.6 is 0 Å². The number of rotatable bonds is 6. The molecule has 2 fully saturated rings. The number of hydrogen-bond acceptors (Lipinski definition) is 8. The molecule has 188 valence electrons. The SMILES string of the molecule is CC(NC(=O)OC(C)(C)C)C(=O)N1CCC(COc2ncc(B3OC(C)(C)C(C)(C)O3)cn2)C1. The van der Waals surface area contributed by atoms with Gasteiger partial charge in [0.1, 0.15) is 11.6 Å². The Hall–Kier alpha value is -2.40. The van der Waals surface area contributed by atoms with Crippen molar-refractivity contribution in [1.29, 1.82) is 0 Å². The summed E-state index contributed by atoms with van der Waals surface area (Å²) in [6, 6.07) is -0.398. The van der Waals surface area contributed by atoms with E-state index in [1.165, 1.54) is 0 Å². The molecule has 0 saturated carbocycles. The van der Waals surface area contributed by atoms with Crippen LogP contribution in [0.5, 0.6) is 6.01 Å². The van der Waals surface area contributed by atoms with Gasteiger partial charge in [-0.2, -0.15) is 0 Å². The first kappa shape index (κ1) is 26.2. The highest BCUT2D eigenvalue weighted by Crippen LogP contribution is 2.36. The third-order valence-corrected chi connectivity index (χ3v) is 6.32. The Morgan fingerprint density at radius 1 is 1.21 bits per heavy atom. The molecule has 1 N–H and O–H groups in total. The molecule has 0 aliphatic carbocycles. The van der Waals surface area contributed by atoms with Gasteiger partial charge in [0.2, 0.25) is 5.91 Å². The second-order valence-corrected chi connectivity index (χ2v) is 11.0. The standard InChI is InChI=1S/C23H37BN4O6/c1-15(27-20(30)32-21(2,3)4)18(29)28-10-9-16(13-28)14-31-19-25-11-17(12-26-19)24-33-22(5,6)23(7,8)34-24/h11-12,15-16H,9-10,13-14H2,1-8H3,(H,27,30). The van der Waals surface area contributed by atoms with Gasteiger partial charge in [-0.25, -0.2) is 14.8 Å². The molecule has 0 bridgehead atoms. The van der Waals surface area contributed by atoms with E-state index in [4.69, 9.17) is 18.8 Å². The van der Waals surface area contributed by atoms with Crippen molar-refractivity contribution in [2.75, 3.05) is 19.7 Å². The maximum Gasteiger partial charge on any atom is 0.498 e. The average Bonchev–Trinajstić information content (AvgIpc) is 3.26. The van der Waals surface area contributed by atoms with Crippen LogP contribution in [0.3, 0.4) is 0 Å². The van der Waals surface area contributed by atoms with Gasteiger partial charge in [-0.05, 0) is 61.8 Å². The van der Waals surface area contributed by atoms with Crippen LogP contribution in [-0.2, 0) is 18.8 Å². The zero-order chi connectivity index (χ0) is 25.3. The Balaban J connectivity index is 1.45. The van der Waals surface area contributed by atoms with E-state index in [9.17, 15) is 9.59 Å². The minimum absolute atomic E-state index is 0.142. The van der Waals surface area contributed by atoms with E-state index in [0.29, 0.717) is 19.7 Å². The van der Waals surface area contributed by atoms with Crippen LogP contribution in [0.4, 0.5) is 4.79 Å². The van der Waals surface area contributed by atoms with Crippen LogP contribution < -0.4 is 15.5 Å². The number of carbonyl (C=O) groups excluding carboxylic acids is 2. The van der Waals surface area contributed by atoms with Gasteiger partial charge < -0.3 is 29.0 Å². The summed E-state index contributed by atoms with van der Waals surface area (Å²) < 4.78 is 23.0. The molecule has 2 aliphatic rings. The number of nitrogens with one attached hydrogen (secondary N) is 1. The monoisotopic (exact) mass is 476 g/mol. The predicted molar refractivity (Wildman–Crippen MR) is 127 cm³/mol. The molecule has 3 rings (SSSR count). The van der Waals surface area contributed by atoms with Crippen molar-refractivity contribution in [1.82, 2.24) is 20.2 Å². The Kier molecular flexibility index (Phi) is 7.47. The highest BCUT2D eigenvalue weighted by Gasteiger charge is 2.52. The number of hydrogen-bond donors (Lipinski definition) is 1. The third-order valence-electron chi connectivity index (χ3n) is 6.32. The van der Waals surface area contributed by atoms with E-state index in [2.05, 4.69) is 15.3 Å². The summed E-state index contributed by atoms with van der Waals surface area (Å²) >= 11 is 0. The quantitative estimate of drug-likeness (QED) is 0.620. The highest BCUT2D eigenvalue weighted by molar-refractivity contribution is 6.61. The van der Waals surface area contributed by atoms with E-state index >= 15 is 0 Å². The van der Waals surface area contributed by atoms with Gasteiger partial charge in [-0.1, -0.05) is 0 Å². The van der Waals surface area contributed by atoms with Gasteiger partial charge in [-0.15, -0.1) is 0 Å². The Morgan fingerprint density at radius 3 is 2.35 bits per heavy atom. The Bertz CT molecular complexity index is 870. The van der Waals surface area contributed by atoms with E-state index in [1.54, 1.807) is 45.0 Å². The first-order valence-corrected chi connectivity index (χ1v) is 11.8. The molecule has 1 aromatic heterocycles. The van der Waals surface area contributed by atoms with Crippen LogP contribution in [0, 0.1) is 5.92 Å². The lowest BCUT2D eigenvalue weighted by atomic mass is 9.81. The summed E-state index contributed by atoms with van der Waals surface area (Å²) in [5, 5.41) is 2.60. The number of ether oxygens (including phenoxy) is 2. The van der Waals surface area contributed by atoms with Crippen molar-refractivity contribution >= 4 is 24.6 Å². The molecule has 2 aliphatic heterocycles. The molecule has 11 heteroatoms. The smallest absolute Gasteiger partial charge is 0.463 e. The molecule has 0 spiro atoms. The molecular weight excluding hydrogens is 439 g/mol. The number of alkyl carbamates (subject to hydrolysis) is 1. The lowest BCUT2D eigenvalue weighted by Gasteiger charge is -2.32. The first-order valence-electron chi connectivity index (χ1n) is 11.8. The van der Waals surface area contributed by atoms with Crippen molar-refractivity contribution < 1.29 is 28.4 Å². The van der Waals surface area contributed by atoms with E-state index in [-0.39, 0.29) is 17.8 Å². The zero-order valence-electron chi connectivity index (χ0n) is 21.5. The van der Waals surface area contributed by atoms with Crippen molar-refractivity contribution in [2.24, 2.45) is 5.92 Å². The average molecular weight is 476 g/mol. The summed E-state index contributed by atoms with van der Waals surface area (Å²) in [4.78, 5) is 34.9. The summed E-state index contributed by atoms with van der Waals surface area (Å²) in [5.41, 5.74) is -0.750. The lowest BCUT2D eigenvalue weighted by molar-refractivity contribution is -0.132. The van der Waals surface area contributed by atoms with Gasteiger partial charge in [0.25, 0.3) is 0 Å². The lowest BCUT2D eigenvalue weighted by Crippen LogP contribution is -2.47. The zero-order valence-corrected chi connectivity index (χ0v) is 21.5. The minimum atomic E-state index is -0.666. The topological polar surface area (TPSA) is 112 Å². The number of amides is 2. The second-order valence-electron chi connectivity index (χ2n) is 11.0. The maximum absolute atomic E-state index is 12.7. The molecule has 34 heavy (non-hydrogen) atoms. The van der Waals surface area contributed by atoms with Gasteiger partial charge in [0, 0.05) is 36.9 Å². The molecule has 2 unspecified atom stereocenters. The van der Waals surface area contributed by atoms with Crippen molar-refractivity contribution in [3.63, 3.8) is 0 Å². The predicted octanol–water partition coefficient (Wildman–Crippen LogP) is 1.92. The minimum Gasteiger partial charge on any atom is -0.463 e. The number of nitrogens with zero attached hydrogens (tertiary/aromatic N) is 3. The van der Waals surface area contributed by atoms with E-state index < -0.39 is 36.1 Å². The fourth-order valence-electron chi connectivity index (χ4n) is 3.68. The first-order chi connectivity index (χ1) is 15.7. The summed E-state index contributed by atoms with van der Waals surface area (Å²) in [7, 11) is -0.523. The van der Waals surface area contributed by atoms with Gasteiger partial charge >= 0.3 is 19.2 Å². The van der Waals surface area contributed by atoms with Gasteiger partial charge in [0.05, 0.1) is 17.8 Å². The van der Waals surface area contributed by atoms with Crippen LogP contribution in [0.2, 0.25) is 0 Å². The largest absolute Gasteiger partial charge is 0.498 e. The molecule has 2 amide bonds. The van der Waals surface area contributed by atoms with Crippen molar-refractivity contribution in [2.45, 2.75) is 84.7 Å². The number of aromatic nitrogens is 2. The molecule has 10 nitrogen and oxygen atoms in total. The molecule has 0 radical (unpaired) electrons. The second kappa shape index (κ2) is 9.69. The molecule has 0 aromatic carbocycles. The summed E-state index contributed by atoms with van der Waals surface area (Å²) in [6.07, 6.45) is 3.50. The third kappa shape index (κ3) is 6.38. The van der Waals surface area contributed by atoms with Crippen molar-refractivity contribution in [3.8, 4) is 6.01 Å².